The standard InChI is InChI=1S/C25H28O4/c1-7-9-19-15-21(28-17(3)26)11-13-23(19)25(5,6)24-14-12-22(29-18(4)27)16-20(24)10-8-2/h7-8,11-16H,1-2,9-10H2,3-6H3. The summed E-state index contributed by atoms with van der Waals surface area (Å²) in [5.74, 6) is 0.336. The molecule has 0 radical (unpaired) electrons. The Morgan fingerprint density at radius 2 is 1.21 bits per heavy atom. The van der Waals surface area contributed by atoms with Crippen LogP contribution in [0.15, 0.2) is 61.7 Å². The minimum atomic E-state index is -0.351. The van der Waals surface area contributed by atoms with E-state index < -0.39 is 0 Å². The average Bonchev–Trinajstić information content (AvgIpc) is 2.61. The molecule has 0 unspecified atom stereocenters. The topological polar surface area (TPSA) is 52.6 Å². The number of benzene rings is 2. The highest BCUT2D eigenvalue weighted by Crippen LogP contribution is 2.38. The molecule has 2 aromatic carbocycles. The van der Waals surface area contributed by atoms with E-state index in [0.29, 0.717) is 24.3 Å². The number of ether oxygens (including phenoxy) is 2. The minimum Gasteiger partial charge on any atom is -0.427 e. The van der Waals surface area contributed by atoms with Gasteiger partial charge >= 0.3 is 11.9 Å². The first-order valence-electron chi connectivity index (χ1n) is 9.54. The summed E-state index contributed by atoms with van der Waals surface area (Å²) in [5, 5.41) is 0. The Balaban J connectivity index is 2.58. The maximum Gasteiger partial charge on any atom is 0.308 e. The van der Waals surface area contributed by atoms with Crippen molar-refractivity contribution < 1.29 is 19.1 Å². The van der Waals surface area contributed by atoms with E-state index in [1.165, 1.54) is 13.8 Å². The molecule has 0 aromatic heterocycles. The van der Waals surface area contributed by atoms with Crippen molar-refractivity contribution in [2.75, 3.05) is 0 Å². The first kappa shape index (κ1) is 22.2. The smallest absolute Gasteiger partial charge is 0.308 e. The van der Waals surface area contributed by atoms with Gasteiger partial charge in [0, 0.05) is 19.3 Å². The first-order chi connectivity index (χ1) is 13.7. The maximum absolute atomic E-state index is 11.3. The molecular formula is C25H28O4. The van der Waals surface area contributed by atoms with Crippen LogP contribution < -0.4 is 9.47 Å². The quantitative estimate of drug-likeness (QED) is 0.347. The van der Waals surface area contributed by atoms with Gasteiger partial charge in [-0.1, -0.05) is 38.1 Å². The number of allylic oxidation sites excluding steroid dienone is 2. The zero-order valence-corrected chi connectivity index (χ0v) is 17.6. The number of hydrogen-bond acceptors (Lipinski definition) is 4. The Hall–Kier alpha value is -3.14. The van der Waals surface area contributed by atoms with Crippen LogP contribution in [0.2, 0.25) is 0 Å². The van der Waals surface area contributed by atoms with Crippen molar-refractivity contribution in [1.29, 1.82) is 0 Å². The molecule has 0 bridgehead atoms. The molecule has 152 valence electrons. The van der Waals surface area contributed by atoms with E-state index in [1.807, 2.05) is 48.6 Å². The average molecular weight is 392 g/mol. The highest BCUT2D eigenvalue weighted by Gasteiger charge is 2.28. The molecule has 0 N–H and O–H groups in total. The zero-order valence-electron chi connectivity index (χ0n) is 17.6. The fraction of sp³-hybridized carbons (Fsp3) is 0.280. The second kappa shape index (κ2) is 9.37. The lowest BCUT2D eigenvalue weighted by Gasteiger charge is -2.31. The van der Waals surface area contributed by atoms with E-state index in [2.05, 4.69) is 27.0 Å². The van der Waals surface area contributed by atoms with Crippen molar-refractivity contribution in [1.82, 2.24) is 0 Å². The predicted molar refractivity (Wildman–Crippen MR) is 115 cm³/mol. The molecule has 2 aromatic rings. The highest BCUT2D eigenvalue weighted by molar-refractivity contribution is 5.70. The fourth-order valence-corrected chi connectivity index (χ4v) is 3.61. The van der Waals surface area contributed by atoms with Crippen molar-refractivity contribution in [3.63, 3.8) is 0 Å². The molecule has 4 nitrogen and oxygen atoms in total. The predicted octanol–water partition coefficient (Wildman–Crippen LogP) is 5.32. The molecule has 0 saturated carbocycles. The third-order valence-electron chi connectivity index (χ3n) is 4.75. The van der Waals surface area contributed by atoms with Crippen molar-refractivity contribution in [3.8, 4) is 11.5 Å². The van der Waals surface area contributed by atoms with Crippen LogP contribution in [0.5, 0.6) is 11.5 Å². The third kappa shape index (κ3) is 5.44. The van der Waals surface area contributed by atoms with Gasteiger partial charge in [0.2, 0.25) is 0 Å². The summed E-state index contributed by atoms with van der Waals surface area (Å²) in [5.41, 5.74) is 3.95. The monoisotopic (exact) mass is 392 g/mol. The van der Waals surface area contributed by atoms with Crippen LogP contribution in [-0.2, 0) is 27.8 Å². The molecule has 0 atom stereocenters. The van der Waals surface area contributed by atoms with Crippen molar-refractivity contribution in [2.24, 2.45) is 0 Å². The Kier molecular flexibility index (Phi) is 7.16. The minimum absolute atomic E-state index is 0.347. The number of esters is 2. The van der Waals surface area contributed by atoms with Gasteiger partial charge in [-0.05, 0) is 59.4 Å². The van der Waals surface area contributed by atoms with Crippen LogP contribution in [0.4, 0.5) is 0 Å². The maximum atomic E-state index is 11.3. The fourth-order valence-electron chi connectivity index (χ4n) is 3.61. The summed E-state index contributed by atoms with van der Waals surface area (Å²) in [6, 6.07) is 11.4. The molecule has 0 spiro atoms. The van der Waals surface area contributed by atoms with Gasteiger partial charge in [-0.15, -0.1) is 13.2 Å². The lowest BCUT2D eigenvalue weighted by atomic mass is 9.73. The molecule has 0 fully saturated rings. The van der Waals surface area contributed by atoms with Crippen molar-refractivity contribution in [2.45, 2.75) is 46.0 Å². The largest absolute Gasteiger partial charge is 0.427 e. The summed E-state index contributed by atoms with van der Waals surface area (Å²) in [4.78, 5) is 22.6. The molecule has 2 rings (SSSR count). The molecule has 4 heteroatoms. The van der Waals surface area contributed by atoms with Gasteiger partial charge in [0.15, 0.2) is 0 Å². The highest BCUT2D eigenvalue weighted by atomic mass is 16.5. The van der Waals surface area contributed by atoms with Gasteiger partial charge in [0.1, 0.15) is 11.5 Å². The number of rotatable bonds is 8. The molecule has 0 heterocycles. The Morgan fingerprint density at radius 3 is 1.52 bits per heavy atom. The van der Waals surface area contributed by atoms with Gasteiger partial charge in [-0.25, -0.2) is 0 Å². The van der Waals surface area contributed by atoms with E-state index in [9.17, 15) is 9.59 Å². The molecule has 29 heavy (non-hydrogen) atoms. The zero-order chi connectivity index (χ0) is 21.6. The normalized spacial score (nSPS) is 10.9. The van der Waals surface area contributed by atoms with Crippen LogP contribution in [0.3, 0.4) is 0 Å². The summed E-state index contributed by atoms with van der Waals surface area (Å²) in [6.45, 7) is 14.8. The summed E-state index contributed by atoms with van der Waals surface area (Å²) in [6.07, 6.45) is 4.97. The first-order valence-corrected chi connectivity index (χ1v) is 9.54. The van der Waals surface area contributed by atoms with Gasteiger partial charge in [0.05, 0.1) is 0 Å². The van der Waals surface area contributed by atoms with Crippen molar-refractivity contribution >= 4 is 11.9 Å². The number of carbonyl (C=O) groups is 2. The molecular weight excluding hydrogens is 364 g/mol. The lowest BCUT2D eigenvalue weighted by Crippen LogP contribution is -2.23. The van der Waals surface area contributed by atoms with E-state index in [4.69, 9.17) is 9.47 Å². The van der Waals surface area contributed by atoms with Crippen LogP contribution in [0.1, 0.15) is 49.9 Å². The summed E-state index contributed by atoms with van der Waals surface area (Å²) < 4.78 is 10.5. The second-order valence-electron chi connectivity index (χ2n) is 7.44. The van der Waals surface area contributed by atoms with Crippen LogP contribution in [0, 0.1) is 0 Å². The van der Waals surface area contributed by atoms with E-state index in [-0.39, 0.29) is 17.4 Å². The Morgan fingerprint density at radius 1 is 0.828 bits per heavy atom. The van der Waals surface area contributed by atoms with Gasteiger partial charge in [-0.3, -0.25) is 9.59 Å². The van der Waals surface area contributed by atoms with E-state index >= 15 is 0 Å². The van der Waals surface area contributed by atoms with Gasteiger partial charge < -0.3 is 9.47 Å². The Bertz CT molecular complexity index is 862. The summed E-state index contributed by atoms with van der Waals surface area (Å²) in [7, 11) is 0. The molecule has 0 saturated heterocycles. The Labute approximate surface area is 172 Å². The van der Waals surface area contributed by atoms with Crippen LogP contribution in [0.25, 0.3) is 0 Å². The van der Waals surface area contributed by atoms with Crippen LogP contribution >= 0.6 is 0 Å². The molecule has 0 amide bonds. The second-order valence-corrected chi connectivity index (χ2v) is 7.44. The number of carbonyl (C=O) groups excluding carboxylic acids is 2. The van der Waals surface area contributed by atoms with Crippen LogP contribution in [-0.4, -0.2) is 11.9 Å². The molecule has 0 aliphatic rings. The summed E-state index contributed by atoms with van der Waals surface area (Å²) >= 11 is 0. The molecule has 0 aliphatic carbocycles. The van der Waals surface area contributed by atoms with E-state index in [0.717, 1.165) is 22.3 Å². The number of hydrogen-bond donors (Lipinski definition) is 0. The molecule has 0 aliphatic heterocycles. The van der Waals surface area contributed by atoms with Gasteiger partial charge in [0.25, 0.3) is 0 Å². The third-order valence-corrected chi connectivity index (χ3v) is 4.75. The SMILES string of the molecule is C=CCc1cc(OC(C)=O)ccc1C(C)(C)c1ccc(OC(C)=O)cc1CC=C. The van der Waals surface area contributed by atoms with Gasteiger partial charge in [-0.2, -0.15) is 0 Å². The lowest BCUT2D eigenvalue weighted by molar-refractivity contribution is -0.132. The van der Waals surface area contributed by atoms with Crippen molar-refractivity contribution in [3.05, 3.63) is 84.0 Å². The van der Waals surface area contributed by atoms with E-state index in [1.54, 1.807) is 0 Å².